The van der Waals surface area contributed by atoms with E-state index in [9.17, 15) is 4.39 Å². The van der Waals surface area contributed by atoms with Gasteiger partial charge in [-0.2, -0.15) is 0 Å². The van der Waals surface area contributed by atoms with Gasteiger partial charge in [0.05, 0.1) is 0 Å². The van der Waals surface area contributed by atoms with Crippen molar-refractivity contribution in [2.24, 2.45) is 0 Å². The summed E-state index contributed by atoms with van der Waals surface area (Å²) in [7, 11) is 2.11. The molecule has 0 saturated carbocycles. The van der Waals surface area contributed by atoms with Crippen LogP contribution < -0.4 is 0 Å². The van der Waals surface area contributed by atoms with Gasteiger partial charge in [-0.15, -0.1) is 0 Å². The van der Waals surface area contributed by atoms with Gasteiger partial charge in [0.25, 0.3) is 0 Å². The monoisotopic (exact) mass is 214 g/mol. The van der Waals surface area contributed by atoms with Crippen LogP contribution in [0.3, 0.4) is 0 Å². The molecule has 0 aromatic carbocycles. The highest BCUT2D eigenvalue weighted by Crippen LogP contribution is 2.41. The molecule has 0 radical (unpaired) electrons. The van der Waals surface area contributed by atoms with Crippen molar-refractivity contribution < 1.29 is 9.13 Å². The summed E-state index contributed by atoms with van der Waals surface area (Å²) in [6, 6.07) is 0.456. The quantitative estimate of drug-likeness (QED) is 0.632. The smallest absolute Gasteiger partial charge is 0.133 e. The van der Waals surface area contributed by atoms with Gasteiger partial charge in [-0.05, 0) is 20.4 Å². The maximum atomic E-state index is 13.5. The van der Waals surface area contributed by atoms with Crippen molar-refractivity contribution in [2.75, 3.05) is 39.8 Å². The molecule has 15 heavy (non-hydrogen) atoms. The molecule has 3 nitrogen and oxygen atoms in total. The Hall–Kier alpha value is -0.190. The highest BCUT2D eigenvalue weighted by molar-refractivity contribution is 5.11. The van der Waals surface area contributed by atoms with Gasteiger partial charge in [0.1, 0.15) is 11.3 Å². The zero-order valence-corrected chi connectivity index (χ0v) is 9.50. The van der Waals surface area contributed by atoms with Crippen LogP contribution >= 0.6 is 0 Å². The van der Waals surface area contributed by atoms with E-state index in [0.29, 0.717) is 19.1 Å². The van der Waals surface area contributed by atoms with Gasteiger partial charge in [0.15, 0.2) is 0 Å². The van der Waals surface area contributed by atoms with Gasteiger partial charge < -0.3 is 9.64 Å². The molecule has 0 amide bonds. The number of alkyl halides is 1. The van der Waals surface area contributed by atoms with E-state index >= 15 is 0 Å². The van der Waals surface area contributed by atoms with Crippen molar-refractivity contribution in [3.63, 3.8) is 0 Å². The summed E-state index contributed by atoms with van der Waals surface area (Å²) in [4.78, 5) is 4.53. The molecular formula is C11H19FN2O. The Labute approximate surface area is 90.2 Å². The lowest BCUT2D eigenvalue weighted by atomic mass is 9.82. The molecule has 86 valence electrons. The number of nitrogens with zero attached hydrogens (tertiary/aromatic N) is 2. The van der Waals surface area contributed by atoms with Crippen LogP contribution in [0, 0.1) is 0 Å². The molecule has 0 aromatic heterocycles. The van der Waals surface area contributed by atoms with Crippen molar-refractivity contribution in [3.05, 3.63) is 0 Å². The van der Waals surface area contributed by atoms with E-state index in [4.69, 9.17) is 4.74 Å². The van der Waals surface area contributed by atoms with E-state index in [2.05, 4.69) is 16.8 Å². The Kier molecular flexibility index (Phi) is 1.95. The second-order valence-corrected chi connectivity index (χ2v) is 5.71. The third kappa shape index (κ3) is 1.42. The molecule has 3 heterocycles. The summed E-state index contributed by atoms with van der Waals surface area (Å²) < 4.78 is 19.3. The second kappa shape index (κ2) is 2.93. The maximum absolute atomic E-state index is 13.5. The Balaban J connectivity index is 1.67. The van der Waals surface area contributed by atoms with Crippen LogP contribution in [0.2, 0.25) is 0 Å². The number of likely N-dealkylation sites (tertiary alicyclic amines) is 2. The molecule has 3 aliphatic heterocycles. The minimum absolute atomic E-state index is 0.0330. The van der Waals surface area contributed by atoms with Crippen LogP contribution in [0.4, 0.5) is 4.39 Å². The average Bonchev–Trinajstić information content (AvgIpc) is 2.43. The Bertz CT molecular complexity index is 268. The molecule has 4 heteroatoms. The summed E-state index contributed by atoms with van der Waals surface area (Å²) in [5.41, 5.74) is -0.926. The molecule has 1 unspecified atom stereocenters. The highest BCUT2D eigenvalue weighted by atomic mass is 19.1. The second-order valence-electron chi connectivity index (χ2n) is 5.71. The minimum atomic E-state index is -0.959. The first kappa shape index (κ1) is 10.00. The topological polar surface area (TPSA) is 15.7 Å². The van der Waals surface area contributed by atoms with E-state index in [-0.39, 0.29) is 5.60 Å². The molecule has 0 aromatic rings. The number of likely N-dealkylation sites (N-methyl/N-ethyl adjacent to an activating group) is 1. The number of rotatable bonds is 1. The van der Waals surface area contributed by atoms with Crippen LogP contribution in [-0.2, 0) is 4.74 Å². The molecule has 3 fully saturated rings. The molecular weight excluding hydrogens is 195 g/mol. The number of halogens is 1. The fourth-order valence-corrected chi connectivity index (χ4v) is 3.44. The largest absolute Gasteiger partial charge is 0.371 e. The first-order chi connectivity index (χ1) is 7.01. The van der Waals surface area contributed by atoms with Crippen molar-refractivity contribution in [2.45, 2.75) is 30.7 Å². The lowest BCUT2D eigenvalue weighted by Crippen LogP contribution is -2.73. The first-order valence-electron chi connectivity index (χ1n) is 5.76. The molecule has 0 aliphatic carbocycles. The Morgan fingerprint density at radius 2 is 1.93 bits per heavy atom. The standard InChI is InChI=1S/C11H19FN2O/c1-10(12)5-14(6-10)9-3-4-15-11(9)7-13(2)8-11/h9H,3-8H2,1-2H3. The number of hydrogen-bond acceptors (Lipinski definition) is 3. The van der Waals surface area contributed by atoms with Crippen LogP contribution in [-0.4, -0.2) is 66.9 Å². The third-order valence-electron chi connectivity index (χ3n) is 3.97. The van der Waals surface area contributed by atoms with Crippen molar-refractivity contribution in [1.82, 2.24) is 9.80 Å². The predicted molar refractivity (Wildman–Crippen MR) is 55.7 cm³/mol. The molecule has 1 spiro atoms. The number of hydrogen-bond donors (Lipinski definition) is 0. The summed E-state index contributed by atoms with van der Waals surface area (Å²) >= 11 is 0. The van der Waals surface area contributed by atoms with E-state index in [1.54, 1.807) is 6.92 Å². The van der Waals surface area contributed by atoms with E-state index < -0.39 is 5.67 Å². The lowest BCUT2D eigenvalue weighted by molar-refractivity contribution is -0.157. The predicted octanol–water partition coefficient (Wildman–Crippen LogP) is 0.503. The normalized spacial score (nSPS) is 39.0. The van der Waals surface area contributed by atoms with Crippen molar-refractivity contribution >= 4 is 0 Å². The Morgan fingerprint density at radius 1 is 1.27 bits per heavy atom. The van der Waals surface area contributed by atoms with Gasteiger partial charge in [-0.3, -0.25) is 4.90 Å². The van der Waals surface area contributed by atoms with Crippen LogP contribution in [0.15, 0.2) is 0 Å². The SMILES string of the molecule is CN1CC2(C1)OCCC2N1CC(C)(F)C1. The average molecular weight is 214 g/mol. The van der Waals surface area contributed by atoms with Gasteiger partial charge in [0.2, 0.25) is 0 Å². The van der Waals surface area contributed by atoms with Gasteiger partial charge in [-0.25, -0.2) is 4.39 Å². The zero-order valence-electron chi connectivity index (χ0n) is 9.50. The highest BCUT2D eigenvalue weighted by Gasteiger charge is 2.57. The Morgan fingerprint density at radius 3 is 2.47 bits per heavy atom. The van der Waals surface area contributed by atoms with E-state index in [1.165, 1.54) is 0 Å². The molecule has 1 atom stereocenters. The molecule has 3 rings (SSSR count). The molecule has 3 saturated heterocycles. The molecule has 3 aliphatic rings. The van der Waals surface area contributed by atoms with Crippen molar-refractivity contribution in [3.8, 4) is 0 Å². The van der Waals surface area contributed by atoms with E-state index in [1.807, 2.05) is 0 Å². The van der Waals surface area contributed by atoms with Crippen molar-refractivity contribution in [1.29, 1.82) is 0 Å². The molecule has 0 N–H and O–H groups in total. The van der Waals surface area contributed by atoms with Gasteiger partial charge >= 0.3 is 0 Å². The minimum Gasteiger partial charge on any atom is -0.371 e. The third-order valence-corrected chi connectivity index (χ3v) is 3.97. The van der Waals surface area contributed by atoms with E-state index in [0.717, 1.165) is 26.1 Å². The molecule has 0 bridgehead atoms. The number of ether oxygens (including phenoxy) is 1. The van der Waals surface area contributed by atoms with Gasteiger partial charge in [-0.1, -0.05) is 0 Å². The summed E-state index contributed by atoms with van der Waals surface area (Å²) in [6.45, 7) is 5.74. The van der Waals surface area contributed by atoms with Crippen LogP contribution in [0.5, 0.6) is 0 Å². The van der Waals surface area contributed by atoms with Crippen LogP contribution in [0.25, 0.3) is 0 Å². The van der Waals surface area contributed by atoms with Gasteiger partial charge in [0, 0.05) is 38.8 Å². The zero-order chi connectivity index (χ0) is 10.7. The fraction of sp³-hybridized carbons (Fsp3) is 1.00. The first-order valence-corrected chi connectivity index (χ1v) is 5.76. The summed E-state index contributed by atoms with van der Waals surface area (Å²) in [5.74, 6) is 0. The summed E-state index contributed by atoms with van der Waals surface area (Å²) in [6.07, 6.45) is 1.07. The van der Waals surface area contributed by atoms with Crippen LogP contribution in [0.1, 0.15) is 13.3 Å². The maximum Gasteiger partial charge on any atom is 0.133 e. The lowest BCUT2D eigenvalue weighted by Gasteiger charge is -2.55. The fourth-order valence-electron chi connectivity index (χ4n) is 3.44. The summed E-state index contributed by atoms with van der Waals surface area (Å²) in [5, 5.41) is 0.